The number of aromatic nitrogens is 2. The summed E-state index contributed by atoms with van der Waals surface area (Å²) in [6.45, 7) is 8.61. The lowest BCUT2D eigenvalue weighted by Gasteiger charge is -2.26. The van der Waals surface area contributed by atoms with Crippen molar-refractivity contribution in [2.45, 2.75) is 58.7 Å². The van der Waals surface area contributed by atoms with Crippen LogP contribution in [0.15, 0.2) is 73.2 Å². The van der Waals surface area contributed by atoms with Crippen molar-refractivity contribution in [3.63, 3.8) is 0 Å². The summed E-state index contributed by atoms with van der Waals surface area (Å²) in [6, 6.07) is 18.2. The summed E-state index contributed by atoms with van der Waals surface area (Å²) < 4.78 is 6.29. The number of nitrogens with two attached hydrogens (primary N) is 1. The molecule has 0 spiro atoms. The Morgan fingerprint density at radius 3 is 2.72 bits per heavy atom. The Kier molecular flexibility index (Phi) is 10.3. The first-order valence-corrected chi connectivity index (χ1v) is 14.5. The third-order valence-electron chi connectivity index (χ3n) is 8.14. The van der Waals surface area contributed by atoms with Crippen LogP contribution in [0.1, 0.15) is 60.6 Å². The number of rotatable bonds is 9. The van der Waals surface area contributed by atoms with Crippen LogP contribution in [0.2, 0.25) is 0 Å². The second-order valence-electron chi connectivity index (χ2n) is 11.0. The molecule has 0 aliphatic carbocycles. The van der Waals surface area contributed by atoms with Gasteiger partial charge in [0, 0.05) is 52.8 Å². The summed E-state index contributed by atoms with van der Waals surface area (Å²) in [5, 5.41) is 6.18. The van der Waals surface area contributed by atoms with Gasteiger partial charge in [-0.2, -0.15) is 0 Å². The van der Waals surface area contributed by atoms with Gasteiger partial charge in [-0.15, -0.1) is 0 Å². The van der Waals surface area contributed by atoms with E-state index in [4.69, 9.17) is 10.5 Å². The molecule has 9 heteroatoms. The second kappa shape index (κ2) is 14.1. The average Bonchev–Trinajstić information content (AvgIpc) is 3.18. The molecule has 1 aliphatic rings. The van der Waals surface area contributed by atoms with Gasteiger partial charge in [-0.3, -0.25) is 19.7 Å². The smallest absolute Gasteiger partial charge is 0.225 e. The van der Waals surface area contributed by atoms with E-state index in [2.05, 4.69) is 63.6 Å². The fourth-order valence-electron chi connectivity index (χ4n) is 5.67. The monoisotopic (exact) mass is 583 g/mol. The fourth-order valence-corrected chi connectivity index (χ4v) is 5.67. The van der Waals surface area contributed by atoms with Crippen LogP contribution >= 0.6 is 0 Å². The third-order valence-corrected chi connectivity index (χ3v) is 8.14. The topological polar surface area (TPSA) is 140 Å². The molecule has 0 saturated carbocycles. The largest absolute Gasteiger partial charge is 0.487 e. The summed E-state index contributed by atoms with van der Waals surface area (Å²) in [7, 11) is 1.86. The first-order chi connectivity index (χ1) is 20.4. The number of nitrogens with one attached hydrogen (secondary N) is 2. The Hall–Kier alpha value is -4.47. The van der Waals surface area contributed by atoms with E-state index in [0.717, 1.165) is 53.3 Å². The van der Waals surface area contributed by atoms with E-state index < -0.39 is 0 Å². The summed E-state index contributed by atoms with van der Waals surface area (Å²) in [4.78, 5) is 24.5. The van der Waals surface area contributed by atoms with Crippen molar-refractivity contribution < 1.29 is 11.0 Å². The highest BCUT2D eigenvalue weighted by molar-refractivity contribution is 5.91. The van der Waals surface area contributed by atoms with Crippen LogP contribution in [0.3, 0.4) is 0 Å². The Balaban J connectivity index is 0.00000264. The van der Waals surface area contributed by atoms with Crippen molar-refractivity contribution in [2.24, 2.45) is 0 Å². The molecule has 4 aromatic rings. The first-order valence-electron chi connectivity index (χ1n) is 14.5. The van der Waals surface area contributed by atoms with Crippen LogP contribution in [0, 0.1) is 13.8 Å². The first kappa shape index (κ1) is 31.5. The van der Waals surface area contributed by atoms with Gasteiger partial charge in [0.2, 0.25) is 5.91 Å². The minimum absolute atomic E-state index is 0. The number of fused-ring (bicyclic) bond motifs is 1. The molecule has 0 bridgehead atoms. The number of hydrogen-bond donors (Lipinski definition) is 4. The molecule has 5 rings (SSSR count). The average molecular weight is 584 g/mol. The molecule has 2 atom stereocenters. The number of aryl methyl sites for hydroxylation is 1. The van der Waals surface area contributed by atoms with E-state index in [-0.39, 0.29) is 31.9 Å². The molecule has 1 aliphatic heterocycles. The number of pyridine rings is 2. The predicted molar refractivity (Wildman–Crippen MR) is 176 cm³/mol. The lowest BCUT2D eigenvalue weighted by Crippen LogP contribution is -2.32. The number of hydrogen-bond acceptors (Lipinski definition) is 8. The Labute approximate surface area is 256 Å². The third kappa shape index (κ3) is 7.31. The molecule has 7 N–H and O–H groups in total. The Morgan fingerprint density at radius 1 is 1.16 bits per heavy atom. The van der Waals surface area contributed by atoms with E-state index in [0.29, 0.717) is 17.9 Å². The number of anilines is 3. The summed E-state index contributed by atoms with van der Waals surface area (Å²) >= 11 is 0. The molecule has 43 heavy (non-hydrogen) atoms. The van der Waals surface area contributed by atoms with Crippen LogP contribution in [0.4, 0.5) is 17.1 Å². The van der Waals surface area contributed by atoms with E-state index in [1.165, 1.54) is 11.1 Å². The molecule has 0 radical (unpaired) electrons. The molecule has 0 saturated heterocycles. The van der Waals surface area contributed by atoms with Gasteiger partial charge < -0.3 is 27.3 Å². The van der Waals surface area contributed by atoms with Crippen LogP contribution in [0.5, 0.6) is 5.75 Å². The molecule has 228 valence electrons. The number of nitrogen functional groups attached to an aromatic ring is 1. The van der Waals surface area contributed by atoms with Crippen molar-refractivity contribution in [1.29, 1.82) is 0 Å². The maximum atomic E-state index is 13.4. The molecule has 1 amide bonds. The zero-order chi connectivity index (χ0) is 29.6. The van der Waals surface area contributed by atoms with Crippen molar-refractivity contribution in [1.82, 2.24) is 21.0 Å². The number of benzene rings is 2. The zero-order valence-corrected chi connectivity index (χ0v) is 25.6. The molecule has 9 nitrogen and oxygen atoms in total. The van der Waals surface area contributed by atoms with Gasteiger partial charge in [0.25, 0.3) is 0 Å². The van der Waals surface area contributed by atoms with Crippen LogP contribution in [-0.4, -0.2) is 40.5 Å². The van der Waals surface area contributed by atoms with Crippen LogP contribution < -0.4 is 27.3 Å². The van der Waals surface area contributed by atoms with E-state index in [9.17, 15) is 4.79 Å². The highest BCUT2D eigenvalue weighted by Crippen LogP contribution is 2.37. The quantitative estimate of drug-likeness (QED) is 0.165. The molecule has 2 aromatic carbocycles. The molecule has 2 aromatic heterocycles. The van der Waals surface area contributed by atoms with Gasteiger partial charge in [-0.25, -0.2) is 0 Å². The summed E-state index contributed by atoms with van der Waals surface area (Å²) in [5.41, 5.74) is 15.2. The van der Waals surface area contributed by atoms with E-state index in [1.54, 1.807) is 12.4 Å². The minimum atomic E-state index is -0.188. The highest BCUT2D eigenvalue weighted by atomic mass is 16.5. The number of nitrogens with zero attached hydrogens (tertiary/aromatic N) is 3. The van der Waals surface area contributed by atoms with Crippen LogP contribution in [0.25, 0.3) is 0 Å². The van der Waals surface area contributed by atoms with Crippen molar-refractivity contribution in [3.8, 4) is 5.75 Å². The Morgan fingerprint density at radius 2 is 1.98 bits per heavy atom. The normalized spacial score (nSPS) is 15.3. The van der Waals surface area contributed by atoms with Crippen molar-refractivity contribution in [2.75, 3.05) is 30.0 Å². The lowest BCUT2D eigenvalue weighted by atomic mass is 9.83. The summed E-state index contributed by atoms with van der Waals surface area (Å²) in [6.07, 6.45) is 6.45. The van der Waals surface area contributed by atoms with Crippen molar-refractivity contribution in [3.05, 3.63) is 107 Å². The van der Waals surface area contributed by atoms with Gasteiger partial charge in [-0.05, 0) is 78.4 Å². The Bertz CT molecular complexity index is 1550. The van der Waals surface area contributed by atoms with E-state index in [1.807, 2.05) is 50.5 Å². The van der Waals surface area contributed by atoms with Crippen LogP contribution in [-0.2, 0) is 17.9 Å². The fraction of sp³-hybridized carbons (Fsp3) is 0.324. The predicted octanol–water partition coefficient (Wildman–Crippen LogP) is 6.46. The maximum Gasteiger partial charge on any atom is 0.225 e. The number of carbonyl (C=O) groups excluding carboxylic acids is 1. The SMILES string of the molecule is CC[C@@H]1CN(Cc2cc([C@@H](CC(=O)Nc3cccnc3)c3ccc(NC)c(N)c3C)ccc2C)Cc2ncccc2O1.N.[HH]. The van der Waals surface area contributed by atoms with Gasteiger partial charge in [0.15, 0.2) is 0 Å². The maximum absolute atomic E-state index is 13.4. The van der Waals surface area contributed by atoms with Crippen molar-refractivity contribution >= 4 is 23.0 Å². The van der Waals surface area contributed by atoms with E-state index >= 15 is 0 Å². The number of amides is 1. The van der Waals surface area contributed by atoms with Gasteiger partial charge in [0.05, 0.1) is 29.0 Å². The lowest BCUT2D eigenvalue weighted by molar-refractivity contribution is -0.116. The van der Waals surface area contributed by atoms with Gasteiger partial charge in [-0.1, -0.05) is 31.2 Å². The number of ether oxygens (including phenoxy) is 1. The number of carbonyl (C=O) groups is 1. The highest BCUT2D eigenvalue weighted by Gasteiger charge is 2.25. The second-order valence-corrected chi connectivity index (χ2v) is 11.0. The minimum Gasteiger partial charge on any atom is -0.487 e. The van der Waals surface area contributed by atoms with Gasteiger partial charge >= 0.3 is 0 Å². The van der Waals surface area contributed by atoms with Gasteiger partial charge in [0.1, 0.15) is 11.9 Å². The molecule has 0 unspecified atom stereocenters. The molecular formula is C34H45N7O2. The zero-order valence-electron chi connectivity index (χ0n) is 25.6. The molecular weight excluding hydrogens is 538 g/mol. The summed E-state index contributed by atoms with van der Waals surface area (Å²) in [5.74, 6) is 0.603. The standard InChI is InChI=1S/C34H40N6O2.H3N.H2/c1-5-27-20-40(21-31-32(42-27)9-7-15-38-31)19-25-16-24(11-10-22(25)2)29(17-33(41)39-26-8-6-14-37-18-26)28-12-13-30(36-4)34(35)23(28)3;;/h6-16,18,27,29,36H,5,17,19-21,35H2,1-4H3,(H,39,41);1H3;1H/t27-,29-;;/m1../s1. The molecule has 0 fully saturated rings. The molecule has 3 heterocycles.